The van der Waals surface area contributed by atoms with Crippen molar-refractivity contribution in [3.63, 3.8) is 0 Å². The number of halogens is 1. The summed E-state index contributed by atoms with van der Waals surface area (Å²) in [4.78, 5) is 43.8. The Labute approximate surface area is 176 Å². The maximum Gasteiger partial charge on any atom is 0.328 e. The highest BCUT2D eigenvalue weighted by Crippen LogP contribution is 2.23. The first-order valence-corrected chi connectivity index (χ1v) is 10.1. The quantitative estimate of drug-likeness (QED) is 0.639. The van der Waals surface area contributed by atoms with Crippen molar-refractivity contribution in [2.45, 2.75) is 32.2 Å². The number of piperidine rings is 1. The Morgan fingerprint density at radius 2 is 2.10 bits per heavy atom. The number of hydrogen-bond acceptors (Lipinski definition) is 6. The summed E-state index contributed by atoms with van der Waals surface area (Å²) in [6.45, 7) is 1.40. The number of carbonyl (C=O) groups is 1. The summed E-state index contributed by atoms with van der Waals surface area (Å²) >= 11 is 0. The van der Waals surface area contributed by atoms with Crippen LogP contribution in [0.4, 0.5) is 4.39 Å². The van der Waals surface area contributed by atoms with E-state index in [1.165, 1.54) is 22.9 Å². The second-order valence-electron chi connectivity index (χ2n) is 7.60. The molecule has 1 aliphatic rings. The Morgan fingerprint density at radius 1 is 1.26 bits per heavy atom. The van der Waals surface area contributed by atoms with E-state index >= 15 is 0 Å². The number of likely N-dealkylation sites (tertiary alicyclic amines) is 1. The molecule has 0 aliphatic carbocycles. The summed E-state index contributed by atoms with van der Waals surface area (Å²) < 4.78 is 20.5. The third-order valence-corrected chi connectivity index (χ3v) is 5.38. The molecular weight excluding hydrogens is 405 g/mol. The zero-order valence-electron chi connectivity index (χ0n) is 16.8. The molecule has 9 nitrogen and oxygen atoms in total. The molecule has 31 heavy (non-hydrogen) atoms. The molecule has 1 aliphatic heterocycles. The minimum absolute atomic E-state index is 0.0552. The van der Waals surface area contributed by atoms with Crippen molar-refractivity contribution < 1.29 is 13.7 Å². The normalized spacial score (nSPS) is 16.4. The van der Waals surface area contributed by atoms with Crippen LogP contribution in [0.25, 0.3) is 11.4 Å². The number of benzene rings is 1. The van der Waals surface area contributed by atoms with Gasteiger partial charge in [0.1, 0.15) is 5.82 Å². The molecule has 1 fully saturated rings. The zero-order valence-corrected chi connectivity index (χ0v) is 16.8. The van der Waals surface area contributed by atoms with Gasteiger partial charge in [-0.05, 0) is 30.9 Å². The van der Waals surface area contributed by atoms with Crippen molar-refractivity contribution in [2.75, 3.05) is 13.1 Å². The molecule has 4 rings (SSSR count). The maximum absolute atomic E-state index is 13.9. The van der Waals surface area contributed by atoms with Crippen molar-refractivity contribution in [2.24, 2.45) is 5.92 Å². The highest BCUT2D eigenvalue weighted by Gasteiger charge is 2.25. The Morgan fingerprint density at radius 3 is 2.90 bits per heavy atom. The van der Waals surface area contributed by atoms with Crippen LogP contribution < -0.4 is 11.2 Å². The monoisotopic (exact) mass is 427 g/mol. The SMILES string of the molecule is O=C(CCn1ccc(=O)[nH]c1=O)N1CCC[C@@H](Cc2nc(-c3ccccc3F)no2)C1. The Kier molecular flexibility index (Phi) is 6.06. The van der Waals surface area contributed by atoms with Crippen LogP contribution in [0.2, 0.25) is 0 Å². The van der Waals surface area contributed by atoms with Gasteiger partial charge in [-0.2, -0.15) is 4.98 Å². The molecule has 162 valence electrons. The van der Waals surface area contributed by atoms with Crippen LogP contribution in [0.1, 0.15) is 25.2 Å². The van der Waals surface area contributed by atoms with Crippen molar-refractivity contribution >= 4 is 5.91 Å². The molecule has 3 heterocycles. The Hall–Kier alpha value is -3.56. The predicted octanol–water partition coefficient (Wildman–Crippen LogP) is 1.60. The highest BCUT2D eigenvalue weighted by atomic mass is 19.1. The number of nitrogens with zero attached hydrogens (tertiary/aromatic N) is 4. The predicted molar refractivity (Wildman–Crippen MR) is 109 cm³/mol. The fourth-order valence-electron chi connectivity index (χ4n) is 3.79. The fourth-order valence-corrected chi connectivity index (χ4v) is 3.79. The van der Waals surface area contributed by atoms with Gasteiger partial charge in [0.05, 0.1) is 5.56 Å². The second kappa shape index (κ2) is 9.07. The molecule has 1 atom stereocenters. The van der Waals surface area contributed by atoms with E-state index in [0.717, 1.165) is 12.8 Å². The Bertz CT molecular complexity index is 1180. The molecule has 0 saturated carbocycles. The first-order chi connectivity index (χ1) is 15.0. The van der Waals surface area contributed by atoms with Crippen molar-refractivity contribution in [3.05, 3.63) is 69.1 Å². The van der Waals surface area contributed by atoms with Gasteiger partial charge in [-0.3, -0.25) is 14.6 Å². The number of rotatable bonds is 6. The van der Waals surface area contributed by atoms with Gasteiger partial charge in [0.2, 0.25) is 17.6 Å². The van der Waals surface area contributed by atoms with Gasteiger partial charge < -0.3 is 14.0 Å². The highest BCUT2D eigenvalue weighted by molar-refractivity contribution is 5.76. The summed E-state index contributed by atoms with van der Waals surface area (Å²) in [6.07, 6.45) is 3.82. The van der Waals surface area contributed by atoms with Crippen molar-refractivity contribution in [3.8, 4) is 11.4 Å². The van der Waals surface area contributed by atoms with Crippen LogP contribution in [0.3, 0.4) is 0 Å². The number of hydrogen-bond donors (Lipinski definition) is 1. The number of carbonyl (C=O) groups excluding carboxylic acids is 1. The van der Waals surface area contributed by atoms with Gasteiger partial charge in [-0.25, -0.2) is 9.18 Å². The standard InChI is InChI=1S/C21H22FN5O4/c22-16-6-2-1-5-15(16)20-24-18(31-25-20)12-14-4-3-9-27(13-14)19(29)8-11-26-10-7-17(28)23-21(26)30/h1-2,5-7,10,14H,3-4,8-9,11-13H2,(H,23,28,30)/t14-/m0/s1. The van der Waals surface area contributed by atoms with Crippen molar-refractivity contribution in [1.29, 1.82) is 0 Å². The van der Waals surface area contributed by atoms with Gasteiger partial charge in [-0.15, -0.1) is 0 Å². The topological polar surface area (TPSA) is 114 Å². The zero-order chi connectivity index (χ0) is 21.8. The lowest BCUT2D eigenvalue weighted by atomic mass is 9.94. The van der Waals surface area contributed by atoms with Gasteiger partial charge in [0.25, 0.3) is 5.56 Å². The molecule has 0 spiro atoms. The Balaban J connectivity index is 1.34. The first kappa shape index (κ1) is 20.7. The van der Waals surface area contributed by atoms with Crippen LogP contribution in [-0.4, -0.2) is 43.6 Å². The molecule has 2 aromatic heterocycles. The lowest BCUT2D eigenvalue weighted by Crippen LogP contribution is -2.41. The number of nitrogens with one attached hydrogen (secondary N) is 1. The summed E-state index contributed by atoms with van der Waals surface area (Å²) in [7, 11) is 0. The van der Waals surface area contributed by atoms with Crippen LogP contribution in [-0.2, 0) is 17.8 Å². The van der Waals surface area contributed by atoms with Crippen LogP contribution in [0.15, 0.2) is 50.6 Å². The third kappa shape index (κ3) is 4.96. The molecule has 10 heteroatoms. The van der Waals surface area contributed by atoms with E-state index in [9.17, 15) is 18.8 Å². The van der Waals surface area contributed by atoms with E-state index in [0.29, 0.717) is 25.4 Å². The van der Waals surface area contributed by atoms with E-state index in [-0.39, 0.29) is 36.2 Å². The number of aromatic nitrogens is 4. The van der Waals surface area contributed by atoms with Gasteiger partial charge in [0, 0.05) is 44.7 Å². The molecule has 0 radical (unpaired) electrons. The number of aromatic amines is 1. The lowest BCUT2D eigenvalue weighted by Gasteiger charge is -2.32. The minimum atomic E-state index is -0.529. The van der Waals surface area contributed by atoms with Gasteiger partial charge in [-0.1, -0.05) is 17.3 Å². The fraction of sp³-hybridized carbons (Fsp3) is 0.381. The van der Waals surface area contributed by atoms with E-state index in [1.807, 2.05) is 0 Å². The average Bonchev–Trinajstić information content (AvgIpc) is 3.21. The van der Waals surface area contributed by atoms with Crippen LogP contribution in [0, 0.1) is 11.7 Å². The van der Waals surface area contributed by atoms with Crippen LogP contribution >= 0.6 is 0 Å². The second-order valence-corrected chi connectivity index (χ2v) is 7.60. The number of amides is 1. The van der Waals surface area contributed by atoms with Crippen molar-refractivity contribution in [1.82, 2.24) is 24.6 Å². The smallest absolute Gasteiger partial charge is 0.328 e. The third-order valence-electron chi connectivity index (χ3n) is 5.38. The first-order valence-electron chi connectivity index (χ1n) is 10.1. The van der Waals surface area contributed by atoms with E-state index in [4.69, 9.17) is 4.52 Å². The molecule has 1 N–H and O–H groups in total. The molecule has 1 aromatic carbocycles. The summed E-state index contributed by atoms with van der Waals surface area (Å²) in [5.74, 6) is 0.314. The summed E-state index contributed by atoms with van der Waals surface area (Å²) in [5.41, 5.74) is -0.708. The molecule has 1 saturated heterocycles. The molecule has 0 unspecified atom stereocenters. The minimum Gasteiger partial charge on any atom is -0.342 e. The average molecular weight is 427 g/mol. The van der Waals surface area contributed by atoms with Crippen LogP contribution in [0.5, 0.6) is 0 Å². The lowest BCUT2D eigenvalue weighted by molar-refractivity contribution is -0.133. The van der Waals surface area contributed by atoms with E-state index in [2.05, 4.69) is 15.1 Å². The van der Waals surface area contributed by atoms with Gasteiger partial charge >= 0.3 is 5.69 Å². The maximum atomic E-state index is 13.9. The molecule has 0 bridgehead atoms. The van der Waals surface area contributed by atoms with E-state index in [1.54, 1.807) is 23.1 Å². The number of aryl methyl sites for hydroxylation is 1. The molecule has 1 amide bonds. The number of H-pyrrole nitrogens is 1. The summed E-state index contributed by atoms with van der Waals surface area (Å²) in [6, 6.07) is 7.50. The molecular formula is C21H22FN5O4. The largest absolute Gasteiger partial charge is 0.342 e. The van der Waals surface area contributed by atoms with E-state index < -0.39 is 17.1 Å². The van der Waals surface area contributed by atoms with Gasteiger partial charge in [0.15, 0.2) is 0 Å². The summed E-state index contributed by atoms with van der Waals surface area (Å²) in [5, 5.41) is 3.88. The molecule has 3 aromatic rings.